The van der Waals surface area contributed by atoms with Gasteiger partial charge in [-0.15, -0.1) is 0 Å². The molecule has 17 heavy (non-hydrogen) atoms. The molecule has 1 aromatic heterocycles. The Labute approximate surface area is 103 Å². The molecular weight excluding hydrogens is 216 g/mol. The number of hydrogen-bond donors (Lipinski definition) is 1. The number of rotatable bonds is 3. The highest BCUT2D eigenvalue weighted by Gasteiger charge is 2.29. The number of aliphatic hydroxyl groups is 1. The summed E-state index contributed by atoms with van der Waals surface area (Å²) in [5.41, 5.74) is 1.75. The van der Waals surface area contributed by atoms with Gasteiger partial charge in [-0.2, -0.15) is 5.10 Å². The largest absolute Gasteiger partial charge is 0.481 e. The summed E-state index contributed by atoms with van der Waals surface area (Å²) >= 11 is 0. The molecule has 1 fully saturated rings. The Morgan fingerprint density at radius 3 is 2.59 bits per heavy atom. The summed E-state index contributed by atoms with van der Waals surface area (Å²) in [6.07, 6.45) is 5.54. The van der Waals surface area contributed by atoms with E-state index in [1.807, 2.05) is 14.0 Å². The van der Waals surface area contributed by atoms with Crippen molar-refractivity contribution < 1.29 is 9.84 Å². The minimum absolute atomic E-state index is 0.362. The van der Waals surface area contributed by atoms with Gasteiger partial charge in [0.2, 0.25) is 5.88 Å². The summed E-state index contributed by atoms with van der Waals surface area (Å²) in [6.45, 7) is 1.93. The normalized spacial score (nSPS) is 19.3. The van der Waals surface area contributed by atoms with Crippen LogP contribution in [0, 0.1) is 12.8 Å². The van der Waals surface area contributed by atoms with Crippen LogP contribution in [0.3, 0.4) is 0 Å². The third-order valence-corrected chi connectivity index (χ3v) is 3.80. The summed E-state index contributed by atoms with van der Waals surface area (Å²) in [5.74, 6) is 1.06. The predicted octanol–water partition coefficient (Wildman–Crippen LogP) is 2.35. The second-order valence-corrected chi connectivity index (χ2v) is 4.97. The molecule has 2 rings (SSSR count). The molecule has 4 nitrogen and oxygen atoms in total. The van der Waals surface area contributed by atoms with Crippen LogP contribution in [0.1, 0.15) is 49.5 Å². The number of aromatic nitrogens is 2. The van der Waals surface area contributed by atoms with Crippen molar-refractivity contribution in [2.75, 3.05) is 7.11 Å². The van der Waals surface area contributed by atoms with E-state index in [-0.39, 0.29) is 0 Å². The minimum atomic E-state index is -0.432. The third kappa shape index (κ3) is 2.32. The fourth-order valence-corrected chi connectivity index (χ4v) is 2.92. The van der Waals surface area contributed by atoms with Gasteiger partial charge < -0.3 is 9.84 Å². The van der Waals surface area contributed by atoms with Crippen molar-refractivity contribution in [2.24, 2.45) is 13.0 Å². The molecule has 1 aliphatic rings. The van der Waals surface area contributed by atoms with Crippen LogP contribution in [-0.2, 0) is 7.05 Å². The smallest absolute Gasteiger partial charge is 0.217 e. The van der Waals surface area contributed by atoms with E-state index < -0.39 is 6.10 Å². The summed E-state index contributed by atoms with van der Waals surface area (Å²) in [7, 11) is 3.48. The Hall–Kier alpha value is -1.03. The maximum atomic E-state index is 10.5. The first-order chi connectivity index (χ1) is 8.15. The number of nitrogens with zero attached hydrogens (tertiary/aromatic N) is 2. The molecule has 1 saturated carbocycles. The summed E-state index contributed by atoms with van der Waals surface area (Å²) in [6, 6.07) is 0. The SMILES string of the molecule is COc1c(C(O)C2CCCCC2)c(C)nn1C. The van der Waals surface area contributed by atoms with Crippen molar-refractivity contribution in [3.05, 3.63) is 11.3 Å². The first-order valence-electron chi connectivity index (χ1n) is 6.40. The second kappa shape index (κ2) is 5.08. The Morgan fingerprint density at radius 1 is 1.35 bits per heavy atom. The van der Waals surface area contributed by atoms with Crippen LogP contribution in [0.4, 0.5) is 0 Å². The van der Waals surface area contributed by atoms with Crippen LogP contribution in [-0.4, -0.2) is 22.0 Å². The molecule has 96 valence electrons. The van der Waals surface area contributed by atoms with E-state index in [9.17, 15) is 5.11 Å². The maximum Gasteiger partial charge on any atom is 0.217 e. The third-order valence-electron chi connectivity index (χ3n) is 3.80. The molecule has 1 N–H and O–H groups in total. The van der Waals surface area contributed by atoms with Gasteiger partial charge in [-0.05, 0) is 25.7 Å². The Balaban J connectivity index is 2.25. The lowest BCUT2D eigenvalue weighted by Crippen LogP contribution is -2.17. The van der Waals surface area contributed by atoms with Gasteiger partial charge in [0.15, 0.2) is 0 Å². The summed E-state index contributed by atoms with van der Waals surface area (Å²) in [4.78, 5) is 0. The predicted molar refractivity (Wildman–Crippen MR) is 66.0 cm³/mol. The van der Waals surface area contributed by atoms with Gasteiger partial charge in [0.25, 0.3) is 0 Å². The molecule has 4 heteroatoms. The monoisotopic (exact) mass is 238 g/mol. The molecule has 1 atom stereocenters. The maximum absolute atomic E-state index is 10.5. The highest BCUT2D eigenvalue weighted by Crippen LogP contribution is 2.38. The van der Waals surface area contributed by atoms with Gasteiger partial charge in [0.05, 0.1) is 24.5 Å². The van der Waals surface area contributed by atoms with Crippen molar-refractivity contribution in [3.8, 4) is 5.88 Å². The van der Waals surface area contributed by atoms with Crippen LogP contribution < -0.4 is 4.74 Å². The second-order valence-electron chi connectivity index (χ2n) is 4.97. The van der Waals surface area contributed by atoms with Crippen LogP contribution >= 0.6 is 0 Å². The first-order valence-corrected chi connectivity index (χ1v) is 6.40. The van der Waals surface area contributed by atoms with Crippen LogP contribution in [0.5, 0.6) is 5.88 Å². The fraction of sp³-hybridized carbons (Fsp3) is 0.769. The molecule has 1 aliphatic carbocycles. The highest BCUT2D eigenvalue weighted by molar-refractivity contribution is 5.33. The number of aryl methyl sites for hydroxylation is 2. The molecule has 0 spiro atoms. The molecule has 0 saturated heterocycles. The molecule has 0 amide bonds. The Bertz CT molecular complexity index is 381. The van der Waals surface area contributed by atoms with Crippen molar-refractivity contribution >= 4 is 0 Å². The summed E-state index contributed by atoms with van der Waals surface area (Å²) < 4.78 is 7.05. The molecule has 0 bridgehead atoms. The van der Waals surface area contributed by atoms with Crippen LogP contribution in [0.15, 0.2) is 0 Å². The van der Waals surface area contributed by atoms with E-state index in [4.69, 9.17) is 4.74 Å². The fourth-order valence-electron chi connectivity index (χ4n) is 2.92. The number of hydrogen-bond acceptors (Lipinski definition) is 3. The first kappa shape index (κ1) is 12.4. The Morgan fingerprint density at radius 2 is 2.00 bits per heavy atom. The number of aliphatic hydroxyl groups excluding tert-OH is 1. The van der Waals surface area contributed by atoms with Crippen LogP contribution in [0.2, 0.25) is 0 Å². The van der Waals surface area contributed by atoms with Crippen molar-refractivity contribution in [2.45, 2.75) is 45.1 Å². The van der Waals surface area contributed by atoms with Gasteiger partial charge in [0.1, 0.15) is 0 Å². The lowest BCUT2D eigenvalue weighted by Gasteiger charge is -2.26. The van der Waals surface area contributed by atoms with E-state index in [1.54, 1.807) is 11.8 Å². The van der Waals surface area contributed by atoms with Gasteiger partial charge in [0, 0.05) is 7.05 Å². The molecule has 0 radical (unpaired) electrons. The Kier molecular flexibility index (Phi) is 3.72. The van der Waals surface area contributed by atoms with E-state index in [2.05, 4.69) is 5.10 Å². The standard InChI is InChI=1S/C13H22N2O2/c1-9-11(13(17-3)15(2)14-9)12(16)10-7-5-4-6-8-10/h10,12,16H,4-8H2,1-3H3. The van der Waals surface area contributed by atoms with Crippen molar-refractivity contribution in [3.63, 3.8) is 0 Å². The van der Waals surface area contributed by atoms with Crippen molar-refractivity contribution in [1.82, 2.24) is 9.78 Å². The average molecular weight is 238 g/mol. The topological polar surface area (TPSA) is 47.3 Å². The average Bonchev–Trinajstić information content (AvgIpc) is 2.63. The molecule has 0 aromatic carbocycles. The van der Waals surface area contributed by atoms with Gasteiger partial charge in [-0.25, -0.2) is 4.68 Å². The zero-order valence-corrected chi connectivity index (χ0v) is 10.9. The molecule has 0 aliphatic heterocycles. The quantitative estimate of drug-likeness (QED) is 0.879. The number of methoxy groups -OCH3 is 1. The van der Waals surface area contributed by atoms with E-state index >= 15 is 0 Å². The van der Waals surface area contributed by atoms with E-state index in [0.717, 1.165) is 24.1 Å². The summed E-state index contributed by atoms with van der Waals surface area (Å²) in [5, 5.41) is 14.8. The van der Waals surface area contributed by atoms with Gasteiger partial charge in [-0.3, -0.25) is 0 Å². The van der Waals surface area contributed by atoms with E-state index in [1.165, 1.54) is 19.3 Å². The number of ether oxygens (including phenoxy) is 1. The lowest BCUT2D eigenvalue weighted by atomic mass is 9.83. The molecule has 1 heterocycles. The van der Waals surface area contributed by atoms with Gasteiger partial charge in [-0.1, -0.05) is 19.3 Å². The van der Waals surface area contributed by atoms with E-state index in [0.29, 0.717) is 11.8 Å². The zero-order chi connectivity index (χ0) is 12.4. The molecular formula is C13H22N2O2. The van der Waals surface area contributed by atoms with Crippen LogP contribution in [0.25, 0.3) is 0 Å². The van der Waals surface area contributed by atoms with Gasteiger partial charge >= 0.3 is 0 Å². The molecule has 1 unspecified atom stereocenters. The highest BCUT2D eigenvalue weighted by atomic mass is 16.5. The zero-order valence-electron chi connectivity index (χ0n) is 10.9. The van der Waals surface area contributed by atoms with Crippen molar-refractivity contribution in [1.29, 1.82) is 0 Å². The minimum Gasteiger partial charge on any atom is -0.481 e. The lowest BCUT2D eigenvalue weighted by molar-refractivity contribution is 0.0816. The molecule has 1 aromatic rings.